The van der Waals surface area contributed by atoms with Gasteiger partial charge in [0.1, 0.15) is 5.76 Å². The smallest absolute Gasteiger partial charge is 0.271 e. The Morgan fingerprint density at radius 2 is 2.11 bits per heavy atom. The fourth-order valence-corrected chi connectivity index (χ4v) is 3.71. The predicted octanol–water partition coefficient (Wildman–Crippen LogP) is 2.38. The van der Waals surface area contributed by atoms with Gasteiger partial charge < -0.3 is 15.7 Å². The third-order valence-electron chi connectivity index (χ3n) is 4.08. The van der Waals surface area contributed by atoms with E-state index in [1.54, 1.807) is 17.7 Å². The van der Waals surface area contributed by atoms with Crippen molar-refractivity contribution in [1.82, 2.24) is 29.8 Å². The number of carbonyl (C=O) groups is 1. The Morgan fingerprint density at radius 1 is 1.32 bits per heavy atom. The fourth-order valence-electron chi connectivity index (χ4n) is 2.72. The number of nitrogen functional groups attached to an aromatic ring is 1. The third kappa shape index (κ3) is 4.35. The van der Waals surface area contributed by atoms with E-state index < -0.39 is 5.25 Å². The lowest BCUT2D eigenvalue weighted by Crippen LogP contribution is -2.26. The second-order valence-corrected chi connectivity index (χ2v) is 7.72. The molecule has 0 bridgehead atoms. The van der Waals surface area contributed by atoms with Gasteiger partial charge >= 0.3 is 0 Å². The highest BCUT2D eigenvalue weighted by Gasteiger charge is 2.25. The van der Waals surface area contributed by atoms with E-state index >= 15 is 0 Å². The molecule has 11 heteroatoms. The molecule has 3 aromatic rings. The van der Waals surface area contributed by atoms with E-state index in [1.165, 1.54) is 16.4 Å². The van der Waals surface area contributed by atoms with Crippen LogP contribution in [0.4, 0.5) is 5.82 Å². The zero-order chi connectivity index (χ0) is 20.3. The quantitative estimate of drug-likeness (QED) is 0.432. The van der Waals surface area contributed by atoms with Crippen LogP contribution in [0, 0.1) is 20.8 Å². The summed E-state index contributed by atoms with van der Waals surface area (Å²) in [4.78, 5) is 12.7. The topological polar surface area (TPSA) is 130 Å². The van der Waals surface area contributed by atoms with Gasteiger partial charge in [-0.25, -0.2) is 9.36 Å². The van der Waals surface area contributed by atoms with Crippen molar-refractivity contribution >= 4 is 23.5 Å². The molecule has 28 heavy (non-hydrogen) atoms. The lowest BCUT2D eigenvalue weighted by atomic mass is 10.2. The van der Waals surface area contributed by atoms with E-state index in [9.17, 15) is 4.79 Å². The maximum absolute atomic E-state index is 12.7. The number of rotatable bonds is 8. The van der Waals surface area contributed by atoms with Gasteiger partial charge in [0.2, 0.25) is 11.1 Å². The molecule has 3 aromatic heterocycles. The average Bonchev–Trinajstić information content (AvgIpc) is 3.31. The molecule has 0 saturated carbocycles. The number of nitrogens with two attached hydrogens (primary N) is 1. The molecule has 1 atom stereocenters. The standard InChI is InChI=1S/C17H24N8O2S/c1-5-6-7-13(15(26)19-14-9-12(4)27-23-14)28-17-21-20-16(24(17)18)25-11(3)8-10(2)22-25/h8-9,13H,5-7,18H2,1-4H3,(H,19,23,26). The second kappa shape index (κ2) is 8.46. The van der Waals surface area contributed by atoms with Gasteiger partial charge in [0, 0.05) is 11.8 Å². The van der Waals surface area contributed by atoms with Gasteiger partial charge in [-0.3, -0.25) is 4.79 Å². The van der Waals surface area contributed by atoms with Gasteiger partial charge in [-0.15, -0.1) is 10.2 Å². The van der Waals surface area contributed by atoms with Crippen LogP contribution in [0.1, 0.15) is 43.3 Å². The largest absolute Gasteiger partial charge is 0.360 e. The first-order valence-corrected chi connectivity index (χ1v) is 9.92. The molecule has 3 rings (SSSR count). The predicted molar refractivity (Wildman–Crippen MR) is 106 cm³/mol. The molecule has 0 fully saturated rings. The van der Waals surface area contributed by atoms with E-state index in [0.29, 0.717) is 29.1 Å². The van der Waals surface area contributed by atoms with Gasteiger partial charge in [-0.1, -0.05) is 36.7 Å². The Kier molecular flexibility index (Phi) is 6.02. The van der Waals surface area contributed by atoms with Gasteiger partial charge in [0.05, 0.1) is 10.9 Å². The van der Waals surface area contributed by atoms with Crippen LogP contribution in [0.15, 0.2) is 21.8 Å². The third-order valence-corrected chi connectivity index (χ3v) is 5.31. The summed E-state index contributed by atoms with van der Waals surface area (Å²) in [6.45, 7) is 7.66. The molecule has 150 valence electrons. The number of carbonyl (C=O) groups excluding carboxylic acids is 1. The normalized spacial score (nSPS) is 12.3. The van der Waals surface area contributed by atoms with Crippen LogP contribution in [-0.2, 0) is 4.79 Å². The van der Waals surface area contributed by atoms with E-state index in [2.05, 4.69) is 32.7 Å². The van der Waals surface area contributed by atoms with Crippen molar-refractivity contribution in [2.24, 2.45) is 0 Å². The molecular weight excluding hydrogens is 380 g/mol. The molecule has 0 aliphatic carbocycles. The highest BCUT2D eigenvalue weighted by molar-refractivity contribution is 8.00. The van der Waals surface area contributed by atoms with Crippen LogP contribution < -0.4 is 11.2 Å². The molecule has 3 N–H and O–H groups in total. The molecular formula is C17H24N8O2S. The van der Waals surface area contributed by atoms with Crippen LogP contribution >= 0.6 is 11.8 Å². The van der Waals surface area contributed by atoms with Gasteiger partial charge in [-0.05, 0) is 33.3 Å². The first kappa shape index (κ1) is 19.9. The number of amides is 1. The van der Waals surface area contributed by atoms with Crippen molar-refractivity contribution in [3.05, 3.63) is 29.3 Å². The molecule has 1 amide bonds. The molecule has 0 aliphatic rings. The lowest BCUT2D eigenvalue weighted by Gasteiger charge is -2.14. The Bertz CT molecular complexity index is 960. The SMILES string of the molecule is CCCCC(Sc1nnc(-n2nc(C)cc2C)n1N)C(=O)Nc1cc(C)on1. The van der Waals surface area contributed by atoms with Crippen LogP contribution in [0.25, 0.3) is 5.95 Å². The van der Waals surface area contributed by atoms with Crippen LogP contribution in [0.2, 0.25) is 0 Å². The number of thioether (sulfide) groups is 1. The van der Waals surface area contributed by atoms with Gasteiger partial charge in [0.25, 0.3) is 5.95 Å². The number of nitrogens with one attached hydrogen (secondary N) is 1. The molecule has 0 aromatic carbocycles. The number of hydrogen-bond donors (Lipinski definition) is 2. The van der Waals surface area contributed by atoms with Crippen molar-refractivity contribution in [3.8, 4) is 5.95 Å². The number of hydrogen-bond acceptors (Lipinski definition) is 8. The van der Waals surface area contributed by atoms with Crippen molar-refractivity contribution in [2.75, 3.05) is 11.2 Å². The minimum atomic E-state index is -0.392. The minimum absolute atomic E-state index is 0.178. The Hall–Kier alpha value is -2.82. The molecule has 1 unspecified atom stereocenters. The highest BCUT2D eigenvalue weighted by Crippen LogP contribution is 2.27. The van der Waals surface area contributed by atoms with E-state index in [0.717, 1.165) is 24.2 Å². The first-order valence-electron chi connectivity index (χ1n) is 9.04. The number of anilines is 1. The molecule has 0 saturated heterocycles. The molecule has 0 aliphatic heterocycles. The number of aryl methyl sites for hydroxylation is 3. The Labute approximate surface area is 166 Å². The number of aromatic nitrogens is 6. The second-order valence-electron chi connectivity index (χ2n) is 6.55. The minimum Gasteiger partial charge on any atom is -0.360 e. The zero-order valence-corrected chi connectivity index (χ0v) is 17.2. The van der Waals surface area contributed by atoms with E-state index in [4.69, 9.17) is 10.4 Å². The summed E-state index contributed by atoms with van der Waals surface area (Å²) in [7, 11) is 0. The maximum Gasteiger partial charge on any atom is 0.271 e. The Morgan fingerprint density at radius 3 is 2.71 bits per heavy atom. The summed E-state index contributed by atoms with van der Waals surface area (Å²) < 4.78 is 7.99. The zero-order valence-electron chi connectivity index (χ0n) is 16.3. The van der Waals surface area contributed by atoms with Crippen molar-refractivity contribution < 1.29 is 9.32 Å². The van der Waals surface area contributed by atoms with Crippen LogP contribution in [0.5, 0.6) is 0 Å². The summed E-state index contributed by atoms with van der Waals surface area (Å²) in [6.07, 6.45) is 2.54. The Balaban J connectivity index is 1.79. The summed E-state index contributed by atoms with van der Waals surface area (Å²) >= 11 is 1.27. The molecule has 0 radical (unpaired) electrons. The highest BCUT2D eigenvalue weighted by atomic mass is 32.2. The maximum atomic E-state index is 12.7. The summed E-state index contributed by atoms with van der Waals surface area (Å²) in [5.74, 6) is 7.44. The van der Waals surface area contributed by atoms with E-state index in [-0.39, 0.29) is 5.91 Å². The summed E-state index contributed by atoms with van der Waals surface area (Å²) in [5.41, 5.74) is 1.76. The molecule has 3 heterocycles. The van der Waals surface area contributed by atoms with E-state index in [1.807, 2.05) is 19.9 Å². The van der Waals surface area contributed by atoms with Crippen molar-refractivity contribution in [2.45, 2.75) is 57.4 Å². The van der Waals surface area contributed by atoms with Gasteiger partial charge in [-0.2, -0.15) is 5.10 Å². The summed E-state index contributed by atoms with van der Waals surface area (Å²) in [5, 5.41) is 19.3. The lowest BCUT2D eigenvalue weighted by molar-refractivity contribution is -0.115. The van der Waals surface area contributed by atoms with Crippen LogP contribution in [0.3, 0.4) is 0 Å². The first-order chi connectivity index (χ1) is 13.4. The van der Waals surface area contributed by atoms with Crippen molar-refractivity contribution in [1.29, 1.82) is 0 Å². The van der Waals surface area contributed by atoms with Crippen molar-refractivity contribution in [3.63, 3.8) is 0 Å². The number of unbranched alkanes of at least 4 members (excludes halogenated alkanes) is 1. The monoisotopic (exact) mass is 404 g/mol. The van der Waals surface area contributed by atoms with Gasteiger partial charge in [0.15, 0.2) is 5.82 Å². The van der Waals surface area contributed by atoms with Crippen LogP contribution in [-0.4, -0.2) is 41.0 Å². The average molecular weight is 405 g/mol. The number of nitrogens with zero attached hydrogens (tertiary/aromatic N) is 6. The molecule has 0 spiro atoms. The fraction of sp³-hybridized carbons (Fsp3) is 0.471. The summed E-state index contributed by atoms with van der Waals surface area (Å²) in [6, 6.07) is 3.60. The molecule has 10 nitrogen and oxygen atoms in total.